The van der Waals surface area contributed by atoms with Gasteiger partial charge in [0.25, 0.3) is 0 Å². The highest BCUT2D eigenvalue weighted by molar-refractivity contribution is 5.98. The number of carboxylic acid groups (broad SMARTS) is 1. The summed E-state index contributed by atoms with van der Waals surface area (Å²) < 4.78 is 5.82. The fourth-order valence-electron chi connectivity index (χ4n) is 1.23. The zero-order valence-corrected chi connectivity index (χ0v) is 9.76. The Labute approximate surface area is 97.8 Å². The monoisotopic (exact) mass is 239 g/mol. The van der Waals surface area contributed by atoms with E-state index in [4.69, 9.17) is 9.84 Å². The number of carbonyl (C=O) groups excluding carboxylic acids is 2. The Morgan fingerprint density at radius 3 is 2.41 bits per heavy atom. The van der Waals surface area contributed by atoms with Gasteiger partial charge in [0.05, 0.1) is 0 Å². The Bertz CT molecular complexity index is 467. The van der Waals surface area contributed by atoms with Gasteiger partial charge in [0.2, 0.25) is 0 Å². The van der Waals surface area contributed by atoms with E-state index in [0.717, 1.165) is 4.57 Å². The molecule has 0 atom stereocenters. The van der Waals surface area contributed by atoms with E-state index in [2.05, 4.69) is 0 Å². The number of aldehydes is 1. The van der Waals surface area contributed by atoms with Gasteiger partial charge in [-0.2, -0.15) is 0 Å². The van der Waals surface area contributed by atoms with Crippen LogP contribution in [-0.2, 0) is 4.74 Å². The number of rotatable bonds is 2. The van der Waals surface area contributed by atoms with Crippen LogP contribution in [0.4, 0.5) is 4.79 Å². The van der Waals surface area contributed by atoms with E-state index in [0.29, 0.717) is 6.29 Å². The first-order valence-electron chi connectivity index (χ1n) is 4.89. The van der Waals surface area contributed by atoms with Crippen LogP contribution in [0.15, 0.2) is 12.3 Å². The number of ether oxygens (including phenoxy) is 1. The second-order valence-corrected chi connectivity index (χ2v) is 4.39. The van der Waals surface area contributed by atoms with Crippen molar-refractivity contribution >= 4 is 18.3 Å². The first-order chi connectivity index (χ1) is 7.76. The van der Waals surface area contributed by atoms with Crippen molar-refractivity contribution in [1.29, 1.82) is 0 Å². The molecule has 92 valence electrons. The van der Waals surface area contributed by atoms with Gasteiger partial charge in [0.15, 0.2) is 6.29 Å². The SMILES string of the molecule is CC(C)(C)OC(=O)n1ccc(C=O)c1C(=O)O. The average molecular weight is 239 g/mol. The molecule has 0 aliphatic rings. The van der Waals surface area contributed by atoms with Gasteiger partial charge < -0.3 is 9.84 Å². The standard InChI is InChI=1S/C11H13NO5/c1-11(2,3)17-10(16)12-5-4-7(6-13)8(12)9(14)15/h4-6H,1-3H3,(H,14,15). The molecule has 0 fully saturated rings. The minimum atomic E-state index is -1.36. The van der Waals surface area contributed by atoms with Gasteiger partial charge in [-0.15, -0.1) is 0 Å². The molecule has 1 aromatic heterocycles. The molecular formula is C11H13NO5. The van der Waals surface area contributed by atoms with Crippen molar-refractivity contribution in [3.63, 3.8) is 0 Å². The third-order valence-corrected chi connectivity index (χ3v) is 1.84. The maximum atomic E-state index is 11.7. The van der Waals surface area contributed by atoms with E-state index in [-0.39, 0.29) is 5.56 Å². The lowest BCUT2D eigenvalue weighted by Gasteiger charge is -2.19. The van der Waals surface area contributed by atoms with Crippen LogP contribution in [0.1, 0.15) is 41.6 Å². The van der Waals surface area contributed by atoms with Crippen molar-refractivity contribution in [1.82, 2.24) is 4.57 Å². The van der Waals surface area contributed by atoms with E-state index in [9.17, 15) is 14.4 Å². The van der Waals surface area contributed by atoms with Crippen LogP contribution in [0.5, 0.6) is 0 Å². The maximum absolute atomic E-state index is 11.7. The van der Waals surface area contributed by atoms with Crippen LogP contribution in [0.2, 0.25) is 0 Å². The average Bonchev–Trinajstić information content (AvgIpc) is 2.57. The summed E-state index contributed by atoms with van der Waals surface area (Å²) in [5.74, 6) is -1.36. The van der Waals surface area contributed by atoms with Gasteiger partial charge in [-0.05, 0) is 26.8 Å². The number of carboxylic acids is 1. The molecule has 6 nitrogen and oxygen atoms in total. The number of aromatic carboxylic acids is 1. The summed E-state index contributed by atoms with van der Waals surface area (Å²) in [6.07, 6.45) is 0.744. The fourth-order valence-corrected chi connectivity index (χ4v) is 1.23. The van der Waals surface area contributed by atoms with Gasteiger partial charge in [0, 0.05) is 11.8 Å². The first-order valence-corrected chi connectivity index (χ1v) is 4.89. The summed E-state index contributed by atoms with van der Waals surface area (Å²) in [5, 5.41) is 8.93. The van der Waals surface area contributed by atoms with Gasteiger partial charge >= 0.3 is 12.1 Å². The van der Waals surface area contributed by atoms with Crippen molar-refractivity contribution < 1.29 is 24.2 Å². The Hall–Kier alpha value is -2.11. The van der Waals surface area contributed by atoms with Gasteiger partial charge in [-0.25, -0.2) is 14.2 Å². The molecule has 1 aromatic rings. The van der Waals surface area contributed by atoms with E-state index >= 15 is 0 Å². The largest absolute Gasteiger partial charge is 0.477 e. The Kier molecular flexibility index (Phi) is 3.36. The molecule has 1 rings (SSSR count). The van der Waals surface area contributed by atoms with Crippen LogP contribution >= 0.6 is 0 Å². The number of carbonyl (C=O) groups is 3. The molecule has 0 saturated carbocycles. The third kappa shape index (κ3) is 2.93. The van der Waals surface area contributed by atoms with Crippen molar-refractivity contribution in [3.8, 4) is 0 Å². The molecule has 17 heavy (non-hydrogen) atoms. The molecule has 0 saturated heterocycles. The second kappa shape index (κ2) is 4.40. The van der Waals surface area contributed by atoms with Crippen molar-refractivity contribution in [2.75, 3.05) is 0 Å². The molecule has 0 spiro atoms. The van der Waals surface area contributed by atoms with Crippen molar-refractivity contribution in [2.45, 2.75) is 26.4 Å². The summed E-state index contributed by atoms with van der Waals surface area (Å²) >= 11 is 0. The quantitative estimate of drug-likeness (QED) is 0.795. The van der Waals surface area contributed by atoms with Gasteiger partial charge in [0.1, 0.15) is 11.3 Å². The number of hydrogen-bond donors (Lipinski definition) is 1. The Balaban J connectivity index is 3.15. The highest BCUT2D eigenvalue weighted by atomic mass is 16.6. The molecule has 0 bridgehead atoms. The Morgan fingerprint density at radius 2 is 2.00 bits per heavy atom. The predicted molar refractivity (Wildman–Crippen MR) is 58.4 cm³/mol. The fraction of sp³-hybridized carbons (Fsp3) is 0.364. The van der Waals surface area contributed by atoms with E-state index < -0.39 is 23.4 Å². The smallest absolute Gasteiger partial charge is 0.419 e. The molecule has 6 heteroatoms. The minimum absolute atomic E-state index is 0.0663. The zero-order valence-electron chi connectivity index (χ0n) is 9.76. The summed E-state index contributed by atoms with van der Waals surface area (Å²) in [5.41, 5.74) is -1.20. The number of hydrogen-bond acceptors (Lipinski definition) is 4. The molecule has 0 aromatic carbocycles. The molecule has 0 radical (unpaired) electrons. The summed E-state index contributed by atoms with van der Waals surface area (Å²) in [6, 6.07) is 1.25. The predicted octanol–water partition coefficient (Wildman–Crippen LogP) is 1.78. The molecule has 1 heterocycles. The van der Waals surface area contributed by atoms with Crippen molar-refractivity contribution in [2.24, 2.45) is 0 Å². The number of nitrogens with zero attached hydrogens (tertiary/aromatic N) is 1. The highest BCUT2D eigenvalue weighted by Crippen LogP contribution is 2.14. The summed E-state index contributed by atoms with van der Waals surface area (Å²) in [6.45, 7) is 4.99. The summed E-state index contributed by atoms with van der Waals surface area (Å²) in [4.78, 5) is 33.2. The normalized spacial score (nSPS) is 11.0. The lowest BCUT2D eigenvalue weighted by atomic mass is 10.2. The maximum Gasteiger partial charge on any atom is 0.419 e. The molecular weight excluding hydrogens is 226 g/mol. The highest BCUT2D eigenvalue weighted by Gasteiger charge is 2.24. The molecule has 0 aliphatic heterocycles. The first kappa shape index (κ1) is 13.0. The number of aromatic nitrogens is 1. The van der Waals surface area contributed by atoms with Crippen LogP contribution in [0.3, 0.4) is 0 Å². The third-order valence-electron chi connectivity index (χ3n) is 1.84. The van der Waals surface area contributed by atoms with Gasteiger partial charge in [-0.1, -0.05) is 0 Å². The lowest BCUT2D eigenvalue weighted by Crippen LogP contribution is -2.28. The molecule has 0 unspecified atom stereocenters. The van der Waals surface area contributed by atoms with E-state index in [1.165, 1.54) is 12.3 Å². The van der Waals surface area contributed by atoms with Crippen LogP contribution < -0.4 is 0 Å². The summed E-state index contributed by atoms with van der Waals surface area (Å²) in [7, 11) is 0. The zero-order chi connectivity index (χ0) is 13.2. The molecule has 1 N–H and O–H groups in total. The van der Waals surface area contributed by atoms with Crippen LogP contribution in [-0.4, -0.2) is 33.6 Å². The van der Waals surface area contributed by atoms with Crippen molar-refractivity contribution in [3.05, 3.63) is 23.5 Å². The van der Waals surface area contributed by atoms with Crippen LogP contribution in [0, 0.1) is 0 Å². The van der Waals surface area contributed by atoms with E-state index in [1.807, 2.05) is 0 Å². The molecule has 0 aliphatic carbocycles. The Morgan fingerprint density at radius 1 is 1.41 bits per heavy atom. The molecule has 0 amide bonds. The minimum Gasteiger partial charge on any atom is -0.477 e. The lowest BCUT2D eigenvalue weighted by molar-refractivity contribution is 0.0505. The van der Waals surface area contributed by atoms with Crippen LogP contribution in [0.25, 0.3) is 0 Å². The van der Waals surface area contributed by atoms with Gasteiger partial charge in [-0.3, -0.25) is 4.79 Å². The van der Waals surface area contributed by atoms with E-state index in [1.54, 1.807) is 20.8 Å². The topological polar surface area (TPSA) is 85.6 Å². The second-order valence-electron chi connectivity index (χ2n) is 4.39.